The molecule has 0 radical (unpaired) electrons. The standard InChI is InChI=1S/C19H29N3O.BrH/c1-21(19(23)14-15-8-2-3-9-16(15)20)17-10-4-5-11-18(17)22-12-6-7-13-22;/h2-3,8-9,17-18H,4-7,10-14,20H2,1H3;1H/t17-,18-;/m0./s1. The van der Waals surface area contributed by atoms with Crippen molar-refractivity contribution in [1.29, 1.82) is 0 Å². The van der Waals surface area contributed by atoms with Crippen molar-refractivity contribution in [2.75, 3.05) is 25.9 Å². The van der Waals surface area contributed by atoms with Crippen LogP contribution in [0.15, 0.2) is 24.3 Å². The van der Waals surface area contributed by atoms with E-state index in [2.05, 4.69) is 4.90 Å². The molecule has 0 spiro atoms. The smallest absolute Gasteiger partial charge is 0.227 e. The number of nitrogens with zero attached hydrogens (tertiary/aromatic N) is 2. The van der Waals surface area contributed by atoms with E-state index in [9.17, 15) is 4.79 Å². The zero-order chi connectivity index (χ0) is 16.2. The third-order valence-electron chi connectivity index (χ3n) is 5.59. The van der Waals surface area contributed by atoms with Gasteiger partial charge in [-0.25, -0.2) is 0 Å². The van der Waals surface area contributed by atoms with Crippen molar-refractivity contribution in [3.8, 4) is 0 Å². The lowest BCUT2D eigenvalue weighted by Gasteiger charge is -2.42. The zero-order valence-electron chi connectivity index (χ0n) is 14.6. The molecule has 134 valence electrons. The molecule has 0 bridgehead atoms. The van der Waals surface area contributed by atoms with Gasteiger partial charge < -0.3 is 10.6 Å². The highest BCUT2D eigenvalue weighted by Gasteiger charge is 2.35. The lowest BCUT2D eigenvalue weighted by Crippen LogP contribution is -2.53. The summed E-state index contributed by atoms with van der Waals surface area (Å²) in [5.74, 6) is 0.194. The van der Waals surface area contributed by atoms with Crippen molar-refractivity contribution < 1.29 is 4.79 Å². The summed E-state index contributed by atoms with van der Waals surface area (Å²) < 4.78 is 0. The number of halogens is 1. The molecule has 1 amide bonds. The summed E-state index contributed by atoms with van der Waals surface area (Å²) in [5, 5.41) is 0. The maximum atomic E-state index is 12.8. The van der Waals surface area contributed by atoms with Gasteiger partial charge >= 0.3 is 0 Å². The Labute approximate surface area is 156 Å². The molecule has 2 aliphatic rings. The van der Waals surface area contributed by atoms with Gasteiger partial charge in [-0.15, -0.1) is 17.0 Å². The van der Waals surface area contributed by atoms with Crippen molar-refractivity contribution in [3.63, 3.8) is 0 Å². The number of rotatable bonds is 4. The van der Waals surface area contributed by atoms with Crippen molar-refractivity contribution in [2.45, 2.75) is 57.0 Å². The van der Waals surface area contributed by atoms with Gasteiger partial charge in [-0.3, -0.25) is 9.69 Å². The van der Waals surface area contributed by atoms with Gasteiger partial charge in [0.1, 0.15) is 0 Å². The number of anilines is 1. The Bertz CT molecular complexity index is 545. The Morgan fingerprint density at radius 1 is 1.17 bits per heavy atom. The molecular weight excluding hydrogens is 366 g/mol. The fraction of sp³-hybridized carbons (Fsp3) is 0.632. The Kier molecular flexibility index (Phi) is 7.11. The molecule has 1 saturated heterocycles. The zero-order valence-corrected chi connectivity index (χ0v) is 16.3. The molecule has 1 aliphatic carbocycles. The molecule has 1 aromatic rings. The molecule has 1 aliphatic heterocycles. The van der Waals surface area contributed by atoms with Gasteiger partial charge in [0, 0.05) is 24.8 Å². The first-order chi connectivity index (χ1) is 11.2. The molecule has 4 nitrogen and oxygen atoms in total. The van der Waals surface area contributed by atoms with Crippen molar-refractivity contribution in [3.05, 3.63) is 29.8 Å². The highest BCUT2D eigenvalue weighted by Crippen LogP contribution is 2.29. The summed E-state index contributed by atoms with van der Waals surface area (Å²) in [4.78, 5) is 17.4. The molecule has 2 fully saturated rings. The third-order valence-corrected chi connectivity index (χ3v) is 5.59. The molecule has 1 aromatic carbocycles. The van der Waals surface area contributed by atoms with Gasteiger partial charge in [-0.1, -0.05) is 31.0 Å². The predicted octanol–water partition coefficient (Wildman–Crippen LogP) is 3.25. The Morgan fingerprint density at radius 3 is 2.54 bits per heavy atom. The van der Waals surface area contributed by atoms with Crippen molar-refractivity contribution in [2.24, 2.45) is 0 Å². The number of carbonyl (C=O) groups is 1. The van der Waals surface area contributed by atoms with Gasteiger partial charge in [-0.05, 0) is 50.4 Å². The van der Waals surface area contributed by atoms with E-state index >= 15 is 0 Å². The highest BCUT2D eigenvalue weighted by atomic mass is 79.9. The van der Waals surface area contributed by atoms with Gasteiger partial charge in [0.15, 0.2) is 0 Å². The molecule has 2 N–H and O–H groups in total. The molecule has 24 heavy (non-hydrogen) atoms. The van der Waals surface area contributed by atoms with Gasteiger partial charge in [0.05, 0.1) is 6.42 Å². The maximum Gasteiger partial charge on any atom is 0.227 e. The fourth-order valence-corrected chi connectivity index (χ4v) is 4.21. The lowest BCUT2D eigenvalue weighted by molar-refractivity contribution is -0.133. The second-order valence-corrected chi connectivity index (χ2v) is 7.04. The molecule has 0 unspecified atom stereocenters. The van der Waals surface area contributed by atoms with Crippen LogP contribution in [0, 0.1) is 0 Å². The third kappa shape index (κ3) is 4.31. The minimum absolute atomic E-state index is 0. The number of carbonyl (C=O) groups excluding carboxylic acids is 1. The first-order valence-corrected chi connectivity index (χ1v) is 9.00. The van der Waals surface area contributed by atoms with E-state index in [4.69, 9.17) is 5.73 Å². The van der Waals surface area contributed by atoms with E-state index in [0.29, 0.717) is 24.2 Å². The molecule has 2 atom stereocenters. The van der Waals surface area contributed by atoms with Crippen LogP contribution in [0.2, 0.25) is 0 Å². The second-order valence-electron chi connectivity index (χ2n) is 7.04. The lowest BCUT2D eigenvalue weighted by atomic mass is 9.88. The highest BCUT2D eigenvalue weighted by molar-refractivity contribution is 8.93. The number of nitrogens with two attached hydrogens (primary N) is 1. The maximum absolute atomic E-state index is 12.8. The van der Waals surface area contributed by atoms with Crippen LogP contribution < -0.4 is 5.73 Å². The number of hydrogen-bond donors (Lipinski definition) is 1. The van der Waals surface area contributed by atoms with Crippen LogP contribution in [-0.4, -0.2) is 47.9 Å². The number of benzene rings is 1. The van der Waals surface area contributed by atoms with E-state index in [0.717, 1.165) is 12.0 Å². The van der Waals surface area contributed by atoms with E-state index in [-0.39, 0.29) is 22.9 Å². The molecule has 1 heterocycles. The molecule has 1 saturated carbocycles. The number of likely N-dealkylation sites (N-methyl/N-ethyl adjacent to an activating group) is 1. The minimum Gasteiger partial charge on any atom is -0.398 e. The molecule has 0 aromatic heterocycles. The van der Waals surface area contributed by atoms with Crippen LogP contribution in [-0.2, 0) is 11.2 Å². The SMILES string of the molecule is Br.CN(C(=O)Cc1ccccc1N)[C@H]1CCCC[C@@H]1N1CCCC1. The summed E-state index contributed by atoms with van der Waals surface area (Å²) >= 11 is 0. The van der Waals surface area contributed by atoms with Crippen LogP contribution in [0.1, 0.15) is 44.1 Å². The predicted molar refractivity (Wildman–Crippen MR) is 105 cm³/mol. The monoisotopic (exact) mass is 395 g/mol. The fourth-order valence-electron chi connectivity index (χ4n) is 4.21. The quantitative estimate of drug-likeness (QED) is 0.795. The summed E-state index contributed by atoms with van der Waals surface area (Å²) in [6.45, 7) is 2.41. The van der Waals surface area contributed by atoms with Crippen molar-refractivity contribution in [1.82, 2.24) is 9.80 Å². The summed E-state index contributed by atoms with van der Waals surface area (Å²) in [6.07, 6.45) is 7.92. The Hall–Kier alpha value is -1.07. The average molecular weight is 396 g/mol. The normalized spacial score (nSPS) is 24.4. The number of nitrogen functional groups attached to an aromatic ring is 1. The molecule has 5 heteroatoms. The van der Waals surface area contributed by atoms with Crippen molar-refractivity contribution >= 4 is 28.6 Å². The van der Waals surface area contributed by atoms with Crippen LogP contribution in [0.5, 0.6) is 0 Å². The molecule has 3 rings (SSSR count). The number of para-hydroxylation sites is 1. The number of amides is 1. The summed E-state index contributed by atoms with van der Waals surface area (Å²) in [6, 6.07) is 8.60. The number of likely N-dealkylation sites (tertiary alicyclic amines) is 1. The topological polar surface area (TPSA) is 49.6 Å². The van der Waals surface area contributed by atoms with Crippen LogP contribution in [0.25, 0.3) is 0 Å². The summed E-state index contributed by atoms with van der Waals surface area (Å²) in [5.41, 5.74) is 7.65. The largest absolute Gasteiger partial charge is 0.398 e. The average Bonchev–Trinajstić information content (AvgIpc) is 3.10. The van der Waals surface area contributed by atoms with E-state index in [1.165, 1.54) is 45.2 Å². The Balaban J connectivity index is 0.00000208. The number of hydrogen-bond acceptors (Lipinski definition) is 3. The van der Waals surface area contributed by atoms with E-state index in [1.807, 2.05) is 36.2 Å². The van der Waals surface area contributed by atoms with E-state index < -0.39 is 0 Å². The second kappa shape index (κ2) is 8.86. The van der Waals surface area contributed by atoms with Crippen LogP contribution in [0.3, 0.4) is 0 Å². The molecular formula is C19H30BrN3O. The first-order valence-electron chi connectivity index (χ1n) is 9.00. The van der Waals surface area contributed by atoms with E-state index in [1.54, 1.807) is 0 Å². The van der Waals surface area contributed by atoms with Crippen LogP contribution in [0.4, 0.5) is 5.69 Å². The van der Waals surface area contributed by atoms with Gasteiger partial charge in [0.2, 0.25) is 5.91 Å². The minimum atomic E-state index is 0. The van der Waals surface area contributed by atoms with Crippen LogP contribution >= 0.6 is 17.0 Å². The first kappa shape index (κ1) is 19.3. The van der Waals surface area contributed by atoms with Gasteiger partial charge in [-0.2, -0.15) is 0 Å². The Morgan fingerprint density at radius 2 is 1.83 bits per heavy atom. The van der Waals surface area contributed by atoms with Gasteiger partial charge in [0.25, 0.3) is 0 Å². The summed E-state index contributed by atoms with van der Waals surface area (Å²) in [7, 11) is 1.99.